The van der Waals surface area contributed by atoms with Crippen LogP contribution < -0.4 is 10.6 Å². The molecule has 0 atom stereocenters. The molecule has 25 heavy (non-hydrogen) atoms. The number of hydrogen-bond donors (Lipinski definition) is 2. The molecule has 4 aromatic heterocycles. The molecule has 4 aromatic rings. The Bertz CT molecular complexity index is 1020. The minimum absolute atomic E-state index is 0.649. The first-order valence-electron chi connectivity index (χ1n) is 7.61. The number of hydrogen-bond acceptors (Lipinski definition) is 8. The van der Waals surface area contributed by atoms with Gasteiger partial charge in [0.25, 0.3) is 0 Å². The van der Waals surface area contributed by atoms with E-state index in [9.17, 15) is 0 Å². The lowest BCUT2D eigenvalue weighted by molar-refractivity contribution is 1.02. The molecule has 0 aliphatic carbocycles. The van der Waals surface area contributed by atoms with Crippen molar-refractivity contribution in [2.75, 3.05) is 10.6 Å². The first kappa shape index (κ1) is 14.9. The molecule has 2 N–H and O–H groups in total. The van der Waals surface area contributed by atoms with E-state index in [0.29, 0.717) is 11.6 Å². The van der Waals surface area contributed by atoms with Gasteiger partial charge in [-0.3, -0.25) is 4.98 Å². The highest BCUT2D eigenvalue weighted by Gasteiger charge is 2.04. The summed E-state index contributed by atoms with van der Waals surface area (Å²) in [6, 6.07) is 7.59. The van der Waals surface area contributed by atoms with Crippen molar-refractivity contribution >= 4 is 34.0 Å². The molecule has 0 bridgehead atoms. The van der Waals surface area contributed by atoms with Crippen LogP contribution in [0.3, 0.4) is 0 Å². The molecule has 0 aliphatic rings. The minimum atomic E-state index is 0.649. The summed E-state index contributed by atoms with van der Waals surface area (Å²) in [4.78, 5) is 17.0. The zero-order valence-corrected chi connectivity index (χ0v) is 13.4. The van der Waals surface area contributed by atoms with E-state index >= 15 is 0 Å². The van der Waals surface area contributed by atoms with Crippen LogP contribution in [0.15, 0.2) is 55.4 Å². The Balaban J connectivity index is 1.62. The minimum Gasteiger partial charge on any atom is -0.352 e. The van der Waals surface area contributed by atoms with E-state index in [0.717, 1.165) is 28.0 Å². The van der Waals surface area contributed by atoms with Crippen molar-refractivity contribution < 1.29 is 0 Å². The lowest BCUT2D eigenvalue weighted by atomic mass is 10.3. The van der Waals surface area contributed by atoms with Crippen molar-refractivity contribution in [1.29, 1.82) is 0 Å². The quantitative estimate of drug-likeness (QED) is 0.589. The van der Waals surface area contributed by atoms with Crippen LogP contribution in [0, 0.1) is 6.92 Å². The molecule has 0 spiro atoms. The number of rotatable bonds is 4. The Hall–Kier alpha value is -3.68. The Kier molecular flexibility index (Phi) is 3.83. The SMILES string of the molecule is Cc1cnnc(Nc2ccc3ncc(Nc4cncnc4)cc3n2)c1. The van der Waals surface area contributed by atoms with Crippen LogP contribution in [0.25, 0.3) is 11.0 Å². The first-order chi connectivity index (χ1) is 12.3. The van der Waals surface area contributed by atoms with Gasteiger partial charge in [0.15, 0.2) is 5.82 Å². The van der Waals surface area contributed by atoms with E-state index in [2.05, 4.69) is 40.8 Å². The second-order valence-corrected chi connectivity index (χ2v) is 5.45. The summed E-state index contributed by atoms with van der Waals surface area (Å²) in [5.74, 6) is 1.32. The fourth-order valence-corrected chi connectivity index (χ4v) is 2.33. The summed E-state index contributed by atoms with van der Waals surface area (Å²) >= 11 is 0. The van der Waals surface area contributed by atoms with Gasteiger partial charge in [0, 0.05) is 0 Å². The fourth-order valence-electron chi connectivity index (χ4n) is 2.33. The highest BCUT2D eigenvalue weighted by molar-refractivity contribution is 5.80. The molecule has 0 radical (unpaired) electrons. The highest BCUT2D eigenvalue weighted by Crippen LogP contribution is 2.21. The normalized spacial score (nSPS) is 10.6. The van der Waals surface area contributed by atoms with E-state index in [4.69, 9.17) is 0 Å². The highest BCUT2D eigenvalue weighted by atomic mass is 15.2. The van der Waals surface area contributed by atoms with E-state index in [-0.39, 0.29) is 0 Å². The van der Waals surface area contributed by atoms with Crippen molar-refractivity contribution in [3.05, 3.63) is 60.9 Å². The molecule has 8 heteroatoms. The molecule has 4 heterocycles. The average Bonchev–Trinajstić information content (AvgIpc) is 2.62. The number of aromatic nitrogens is 6. The molecule has 8 nitrogen and oxygen atoms in total. The van der Waals surface area contributed by atoms with Crippen LogP contribution in [0.1, 0.15) is 5.56 Å². The topological polar surface area (TPSA) is 101 Å². The van der Waals surface area contributed by atoms with Crippen LogP contribution >= 0.6 is 0 Å². The Morgan fingerprint density at radius 2 is 1.68 bits per heavy atom. The van der Waals surface area contributed by atoms with E-state index in [1.807, 2.05) is 31.2 Å². The van der Waals surface area contributed by atoms with Gasteiger partial charge >= 0.3 is 0 Å². The number of nitrogens with one attached hydrogen (secondary N) is 2. The fraction of sp³-hybridized carbons (Fsp3) is 0.0588. The third-order valence-corrected chi connectivity index (χ3v) is 3.43. The lowest BCUT2D eigenvalue weighted by Gasteiger charge is -2.08. The predicted octanol–water partition coefficient (Wildman–Crippen LogP) is 3.01. The first-order valence-corrected chi connectivity index (χ1v) is 7.61. The third-order valence-electron chi connectivity index (χ3n) is 3.43. The van der Waals surface area contributed by atoms with Crippen LogP contribution in [-0.4, -0.2) is 30.1 Å². The molecule has 0 saturated carbocycles. The molecule has 0 aromatic carbocycles. The maximum atomic E-state index is 4.59. The summed E-state index contributed by atoms with van der Waals surface area (Å²) < 4.78 is 0. The zero-order chi connectivity index (χ0) is 17.1. The van der Waals surface area contributed by atoms with E-state index in [1.54, 1.807) is 24.8 Å². The Morgan fingerprint density at radius 3 is 2.52 bits per heavy atom. The molecule has 122 valence electrons. The molecule has 0 amide bonds. The number of pyridine rings is 2. The molecular formula is C17H14N8. The van der Waals surface area contributed by atoms with Gasteiger partial charge in [0.2, 0.25) is 0 Å². The van der Waals surface area contributed by atoms with Gasteiger partial charge in [0.05, 0.1) is 47.2 Å². The molecular weight excluding hydrogens is 316 g/mol. The third kappa shape index (κ3) is 3.47. The van der Waals surface area contributed by atoms with E-state index < -0.39 is 0 Å². The molecule has 0 fully saturated rings. The van der Waals surface area contributed by atoms with Crippen molar-refractivity contribution in [2.24, 2.45) is 0 Å². The van der Waals surface area contributed by atoms with Crippen LogP contribution in [-0.2, 0) is 0 Å². The maximum Gasteiger partial charge on any atom is 0.154 e. The van der Waals surface area contributed by atoms with Crippen molar-refractivity contribution in [2.45, 2.75) is 6.92 Å². The zero-order valence-electron chi connectivity index (χ0n) is 13.4. The lowest BCUT2D eigenvalue weighted by Crippen LogP contribution is -1.99. The van der Waals surface area contributed by atoms with Crippen molar-refractivity contribution in [1.82, 2.24) is 30.1 Å². The summed E-state index contributed by atoms with van der Waals surface area (Å²) in [6.45, 7) is 1.96. The standard InChI is InChI=1S/C17H14N8/c1-11-4-17(25-21-6-11)24-16-3-2-14-15(23-16)5-12(9-20-14)22-13-7-18-10-19-8-13/h2-10,22H,1H3,(H,23,24,25). The largest absolute Gasteiger partial charge is 0.352 e. The van der Waals surface area contributed by atoms with Crippen LogP contribution in [0.4, 0.5) is 23.0 Å². The average molecular weight is 330 g/mol. The Labute approximate surface area is 143 Å². The molecule has 4 rings (SSSR count). The number of aryl methyl sites for hydroxylation is 1. The second kappa shape index (κ2) is 6.44. The Morgan fingerprint density at radius 1 is 0.800 bits per heavy atom. The van der Waals surface area contributed by atoms with Gasteiger partial charge in [-0.1, -0.05) is 0 Å². The van der Waals surface area contributed by atoms with Gasteiger partial charge < -0.3 is 10.6 Å². The summed E-state index contributed by atoms with van der Waals surface area (Å²) in [6.07, 6.45) is 8.32. The molecule has 0 aliphatic heterocycles. The van der Waals surface area contributed by atoms with Crippen molar-refractivity contribution in [3.63, 3.8) is 0 Å². The van der Waals surface area contributed by atoms with Gasteiger partial charge in [-0.25, -0.2) is 15.0 Å². The predicted molar refractivity (Wildman–Crippen MR) is 94.9 cm³/mol. The summed E-state index contributed by atoms with van der Waals surface area (Å²) in [7, 11) is 0. The van der Waals surface area contributed by atoms with E-state index in [1.165, 1.54) is 6.33 Å². The van der Waals surface area contributed by atoms with Crippen LogP contribution in [0.2, 0.25) is 0 Å². The van der Waals surface area contributed by atoms with Gasteiger partial charge in [-0.05, 0) is 36.8 Å². The summed E-state index contributed by atoms with van der Waals surface area (Å²) in [5, 5.41) is 14.3. The number of anilines is 4. The maximum absolute atomic E-state index is 4.59. The van der Waals surface area contributed by atoms with Crippen molar-refractivity contribution in [3.8, 4) is 0 Å². The smallest absolute Gasteiger partial charge is 0.154 e. The second-order valence-electron chi connectivity index (χ2n) is 5.45. The summed E-state index contributed by atoms with van der Waals surface area (Å²) in [5.41, 5.74) is 4.18. The van der Waals surface area contributed by atoms with Crippen LogP contribution in [0.5, 0.6) is 0 Å². The van der Waals surface area contributed by atoms with Gasteiger partial charge in [-0.2, -0.15) is 5.10 Å². The number of nitrogens with zero attached hydrogens (tertiary/aromatic N) is 6. The number of fused-ring (bicyclic) bond motifs is 1. The van der Waals surface area contributed by atoms with Gasteiger partial charge in [0.1, 0.15) is 12.1 Å². The monoisotopic (exact) mass is 330 g/mol. The molecule has 0 unspecified atom stereocenters. The molecule has 0 saturated heterocycles. The van der Waals surface area contributed by atoms with Gasteiger partial charge in [-0.15, -0.1) is 5.10 Å².